The number of nitrogens with zero attached hydrogens (tertiary/aromatic N) is 3. The zero-order valence-corrected chi connectivity index (χ0v) is 8.43. The summed E-state index contributed by atoms with van der Waals surface area (Å²) in [6.45, 7) is 0. The molecule has 0 N–H and O–H groups in total. The number of rotatable bonds is 1. The predicted octanol–water partition coefficient (Wildman–Crippen LogP) is 2.30. The zero-order chi connectivity index (χ0) is 10.1. The van der Waals surface area contributed by atoms with Gasteiger partial charge < -0.3 is 0 Å². The molecule has 0 atom stereocenters. The second-order valence-electron chi connectivity index (χ2n) is 2.59. The van der Waals surface area contributed by atoms with E-state index < -0.39 is 4.92 Å². The van der Waals surface area contributed by atoms with Gasteiger partial charge in [0.25, 0.3) is 5.69 Å². The molecule has 0 saturated carbocycles. The van der Waals surface area contributed by atoms with E-state index in [-0.39, 0.29) is 5.69 Å². The van der Waals surface area contributed by atoms with Gasteiger partial charge in [-0.2, -0.15) is 0 Å². The average molecular weight is 254 g/mol. The molecule has 6 heteroatoms. The number of hydrogen-bond acceptors (Lipinski definition) is 4. The lowest BCUT2D eigenvalue weighted by Crippen LogP contribution is -1.92. The summed E-state index contributed by atoms with van der Waals surface area (Å²) in [5.74, 6) is 0. The number of aromatic nitrogens is 2. The Bertz CT molecular complexity index is 515. The van der Waals surface area contributed by atoms with E-state index in [1.807, 2.05) is 0 Å². The van der Waals surface area contributed by atoms with E-state index in [9.17, 15) is 10.1 Å². The van der Waals surface area contributed by atoms with Gasteiger partial charge in [-0.25, -0.2) is 9.97 Å². The van der Waals surface area contributed by atoms with Gasteiger partial charge in [0, 0.05) is 6.07 Å². The second kappa shape index (κ2) is 3.30. The maximum atomic E-state index is 10.6. The van der Waals surface area contributed by atoms with Gasteiger partial charge in [-0.05, 0) is 22.0 Å². The summed E-state index contributed by atoms with van der Waals surface area (Å²) in [6.07, 6.45) is 1.44. The van der Waals surface area contributed by atoms with Crippen molar-refractivity contribution in [2.45, 2.75) is 0 Å². The van der Waals surface area contributed by atoms with Crippen LogP contribution in [0.4, 0.5) is 5.69 Å². The molecule has 0 spiro atoms. The van der Waals surface area contributed by atoms with Crippen molar-refractivity contribution in [3.63, 3.8) is 0 Å². The third-order valence-corrected chi connectivity index (χ3v) is 2.10. The standard InChI is InChI=1S/C8H4BrN3O2/c9-7-4-10-8-5(11-7)2-1-3-6(8)12(13)14/h1-4H. The minimum absolute atomic E-state index is 0.0255. The van der Waals surface area contributed by atoms with Gasteiger partial charge in [-0.3, -0.25) is 10.1 Å². The molecular formula is C8H4BrN3O2. The highest BCUT2D eigenvalue weighted by Gasteiger charge is 2.12. The summed E-state index contributed by atoms with van der Waals surface area (Å²) in [4.78, 5) is 18.2. The molecule has 0 aliphatic carbocycles. The second-order valence-corrected chi connectivity index (χ2v) is 3.41. The molecule has 2 aromatic rings. The molecule has 1 aromatic carbocycles. The fraction of sp³-hybridized carbons (Fsp3) is 0. The molecule has 5 nitrogen and oxygen atoms in total. The van der Waals surface area contributed by atoms with Gasteiger partial charge in [-0.1, -0.05) is 6.07 Å². The Morgan fingerprint density at radius 2 is 2.21 bits per heavy atom. The monoisotopic (exact) mass is 253 g/mol. The third-order valence-electron chi connectivity index (χ3n) is 1.72. The highest BCUT2D eigenvalue weighted by atomic mass is 79.9. The number of halogens is 1. The SMILES string of the molecule is O=[N+]([O-])c1cccc2nc(Br)cnc12. The number of nitro groups is 1. The van der Waals surface area contributed by atoms with Crippen LogP contribution >= 0.6 is 15.9 Å². The van der Waals surface area contributed by atoms with E-state index in [0.717, 1.165) is 0 Å². The van der Waals surface area contributed by atoms with E-state index >= 15 is 0 Å². The molecule has 70 valence electrons. The van der Waals surface area contributed by atoms with Crippen molar-refractivity contribution in [1.29, 1.82) is 0 Å². The molecule has 0 unspecified atom stereocenters. The van der Waals surface area contributed by atoms with Crippen molar-refractivity contribution in [2.24, 2.45) is 0 Å². The first-order valence-corrected chi connectivity index (χ1v) is 4.53. The van der Waals surface area contributed by atoms with Gasteiger partial charge >= 0.3 is 0 Å². The van der Waals surface area contributed by atoms with Gasteiger partial charge in [0.1, 0.15) is 4.60 Å². The molecular weight excluding hydrogens is 250 g/mol. The van der Waals surface area contributed by atoms with E-state index in [1.54, 1.807) is 12.1 Å². The summed E-state index contributed by atoms with van der Waals surface area (Å²) >= 11 is 3.15. The first-order valence-electron chi connectivity index (χ1n) is 3.74. The number of benzene rings is 1. The van der Waals surface area contributed by atoms with E-state index in [2.05, 4.69) is 25.9 Å². The van der Waals surface area contributed by atoms with Crippen LogP contribution in [0.25, 0.3) is 11.0 Å². The first kappa shape index (κ1) is 9.01. The maximum absolute atomic E-state index is 10.6. The van der Waals surface area contributed by atoms with Crippen LogP contribution in [0.1, 0.15) is 0 Å². The molecule has 1 heterocycles. The molecule has 0 aliphatic heterocycles. The summed E-state index contributed by atoms with van der Waals surface area (Å²) in [6, 6.07) is 4.67. The molecule has 0 bridgehead atoms. The van der Waals surface area contributed by atoms with Crippen molar-refractivity contribution in [1.82, 2.24) is 9.97 Å². The largest absolute Gasteiger partial charge is 0.297 e. The fourth-order valence-electron chi connectivity index (χ4n) is 1.15. The smallest absolute Gasteiger partial charge is 0.258 e. The van der Waals surface area contributed by atoms with Crippen molar-refractivity contribution < 1.29 is 4.92 Å². The molecule has 0 fully saturated rings. The number of nitro benzene ring substituents is 1. The Labute approximate surface area is 87.1 Å². The van der Waals surface area contributed by atoms with Crippen LogP contribution in [0.5, 0.6) is 0 Å². The lowest BCUT2D eigenvalue weighted by Gasteiger charge is -1.97. The molecule has 14 heavy (non-hydrogen) atoms. The minimum atomic E-state index is -0.467. The minimum Gasteiger partial charge on any atom is -0.258 e. The highest BCUT2D eigenvalue weighted by Crippen LogP contribution is 2.22. The topological polar surface area (TPSA) is 68.9 Å². The van der Waals surface area contributed by atoms with Gasteiger partial charge in [0.05, 0.1) is 16.6 Å². The third kappa shape index (κ3) is 1.44. The van der Waals surface area contributed by atoms with Crippen molar-refractivity contribution >= 4 is 32.7 Å². The highest BCUT2D eigenvalue weighted by molar-refractivity contribution is 9.10. The van der Waals surface area contributed by atoms with Gasteiger partial charge in [0.2, 0.25) is 0 Å². The Kier molecular flexibility index (Phi) is 2.12. The number of hydrogen-bond donors (Lipinski definition) is 0. The number of fused-ring (bicyclic) bond motifs is 1. The average Bonchev–Trinajstić information content (AvgIpc) is 2.16. The normalized spacial score (nSPS) is 10.4. The van der Waals surface area contributed by atoms with Crippen LogP contribution in [-0.4, -0.2) is 14.9 Å². The summed E-state index contributed by atoms with van der Waals surface area (Å²) in [7, 11) is 0. The Morgan fingerprint density at radius 1 is 1.43 bits per heavy atom. The van der Waals surface area contributed by atoms with E-state index in [4.69, 9.17) is 0 Å². The summed E-state index contributed by atoms with van der Waals surface area (Å²) < 4.78 is 0.561. The van der Waals surface area contributed by atoms with Crippen LogP contribution < -0.4 is 0 Å². The van der Waals surface area contributed by atoms with Crippen LogP contribution in [0.15, 0.2) is 29.0 Å². The number of para-hydroxylation sites is 1. The summed E-state index contributed by atoms with van der Waals surface area (Å²) in [5.41, 5.74) is 0.789. The molecule has 0 amide bonds. The van der Waals surface area contributed by atoms with Gasteiger partial charge in [0.15, 0.2) is 5.52 Å². The van der Waals surface area contributed by atoms with Crippen LogP contribution in [0.3, 0.4) is 0 Å². The Morgan fingerprint density at radius 3 is 2.93 bits per heavy atom. The Hall–Kier alpha value is -1.56. The fourth-order valence-corrected chi connectivity index (χ4v) is 1.44. The summed E-state index contributed by atoms with van der Waals surface area (Å²) in [5, 5.41) is 10.6. The lowest BCUT2D eigenvalue weighted by atomic mass is 10.2. The first-order chi connectivity index (χ1) is 6.68. The maximum Gasteiger partial charge on any atom is 0.297 e. The van der Waals surface area contributed by atoms with Crippen LogP contribution in [-0.2, 0) is 0 Å². The number of non-ortho nitro benzene ring substituents is 1. The quantitative estimate of drug-likeness (QED) is 0.578. The predicted molar refractivity (Wildman–Crippen MR) is 53.9 cm³/mol. The molecule has 0 aliphatic rings. The van der Waals surface area contributed by atoms with Crippen molar-refractivity contribution in [2.75, 3.05) is 0 Å². The molecule has 0 saturated heterocycles. The Balaban J connectivity index is 2.81. The van der Waals surface area contributed by atoms with Crippen molar-refractivity contribution in [3.8, 4) is 0 Å². The van der Waals surface area contributed by atoms with Crippen LogP contribution in [0.2, 0.25) is 0 Å². The molecule has 0 radical (unpaired) electrons. The van der Waals surface area contributed by atoms with E-state index in [1.165, 1.54) is 12.3 Å². The van der Waals surface area contributed by atoms with E-state index in [0.29, 0.717) is 15.6 Å². The van der Waals surface area contributed by atoms with Gasteiger partial charge in [-0.15, -0.1) is 0 Å². The molecule has 2 rings (SSSR count). The zero-order valence-electron chi connectivity index (χ0n) is 6.85. The lowest BCUT2D eigenvalue weighted by molar-refractivity contribution is -0.383. The molecule has 1 aromatic heterocycles. The van der Waals surface area contributed by atoms with Crippen LogP contribution in [0, 0.1) is 10.1 Å². The van der Waals surface area contributed by atoms with Crippen molar-refractivity contribution in [3.05, 3.63) is 39.1 Å².